The lowest BCUT2D eigenvalue weighted by molar-refractivity contribution is 0.690. The maximum atomic E-state index is 6.04. The topological polar surface area (TPSA) is 0 Å². The van der Waals surface area contributed by atoms with Crippen molar-refractivity contribution < 1.29 is 0 Å². The van der Waals surface area contributed by atoms with Gasteiger partial charge in [-0.05, 0) is 70.0 Å². The Morgan fingerprint density at radius 2 is 1.52 bits per heavy atom. The summed E-state index contributed by atoms with van der Waals surface area (Å²) in [7, 11) is 0. The van der Waals surface area contributed by atoms with E-state index < -0.39 is 4.84 Å². The summed E-state index contributed by atoms with van der Waals surface area (Å²) in [5.41, 5.74) is 4.03. The Morgan fingerprint density at radius 3 is 2.38 bits per heavy atom. The molecule has 4 rings (SSSR count). The van der Waals surface area contributed by atoms with Gasteiger partial charge in [-0.2, -0.15) is 0 Å². The number of benzene rings is 3. The summed E-state index contributed by atoms with van der Waals surface area (Å²) in [6.45, 7) is 0. The Bertz CT molecular complexity index is 834. The summed E-state index contributed by atoms with van der Waals surface area (Å²) < 4.78 is 0. The first-order valence-corrected chi connectivity index (χ1v) is 8.36. The molecule has 0 aromatic heterocycles. The van der Waals surface area contributed by atoms with E-state index in [1.807, 2.05) is 6.07 Å². The van der Waals surface area contributed by atoms with Crippen molar-refractivity contribution in [3.8, 4) is 0 Å². The van der Waals surface area contributed by atoms with Crippen molar-refractivity contribution in [1.29, 1.82) is 0 Å². The highest BCUT2D eigenvalue weighted by atomic mass is 35.5. The fraction of sp³-hybridized carbons (Fsp3) is 0.263. The Kier molecular flexibility index (Phi) is 3.32. The maximum absolute atomic E-state index is 6.04. The Balaban J connectivity index is 2.06. The van der Waals surface area contributed by atoms with Crippen LogP contribution in [-0.2, 0) is 12.8 Å². The van der Waals surface area contributed by atoms with Crippen LogP contribution in [0.5, 0.6) is 0 Å². The van der Waals surface area contributed by atoms with E-state index in [2.05, 4.69) is 36.4 Å². The average molecular weight is 315 g/mol. The highest BCUT2D eigenvalue weighted by molar-refractivity contribution is 6.44. The molecule has 0 heterocycles. The van der Waals surface area contributed by atoms with Gasteiger partial charge in [-0.15, -0.1) is 23.2 Å². The van der Waals surface area contributed by atoms with Crippen molar-refractivity contribution in [3.63, 3.8) is 0 Å². The fourth-order valence-corrected chi connectivity index (χ4v) is 3.81. The van der Waals surface area contributed by atoms with Crippen LogP contribution in [0.3, 0.4) is 0 Å². The van der Waals surface area contributed by atoms with Crippen LogP contribution in [0, 0.1) is 0 Å². The molecule has 21 heavy (non-hydrogen) atoms. The molecule has 2 heteroatoms. The minimum Gasteiger partial charge on any atom is -0.100 e. The molecular weight excluding hydrogens is 299 g/mol. The molecule has 3 aromatic rings. The molecule has 1 aliphatic carbocycles. The SMILES string of the molecule is ClC(Cl)c1ccc2ccc3c4c(ccc3c2c1)CCCC4. The summed E-state index contributed by atoms with van der Waals surface area (Å²) in [6.07, 6.45) is 5.03. The highest BCUT2D eigenvalue weighted by Gasteiger charge is 2.14. The van der Waals surface area contributed by atoms with Crippen LogP contribution in [0.4, 0.5) is 0 Å². The number of hydrogen-bond donors (Lipinski definition) is 0. The molecule has 0 bridgehead atoms. The molecule has 0 aliphatic heterocycles. The lowest BCUT2D eigenvalue weighted by Crippen LogP contribution is -2.03. The molecule has 3 aromatic carbocycles. The van der Waals surface area contributed by atoms with Crippen molar-refractivity contribution in [2.24, 2.45) is 0 Å². The monoisotopic (exact) mass is 314 g/mol. The number of aryl methyl sites for hydroxylation is 2. The van der Waals surface area contributed by atoms with Gasteiger partial charge in [0.2, 0.25) is 0 Å². The van der Waals surface area contributed by atoms with Crippen LogP contribution in [0.15, 0.2) is 42.5 Å². The smallest absolute Gasteiger partial charge is 0.100 e. The van der Waals surface area contributed by atoms with Crippen molar-refractivity contribution in [3.05, 3.63) is 59.2 Å². The molecule has 0 fully saturated rings. The van der Waals surface area contributed by atoms with Gasteiger partial charge in [-0.25, -0.2) is 0 Å². The van der Waals surface area contributed by atoms with Gasteiger partial charge in [-0.3, -0.25) is 0 Å². The zero-order chi connectivity index (χ0) is 14.4. The van der Waals surface area contributed by atoms with Crippen LogP contribution in [0.1, 0.15) is 34.4 Å². The molecule has 0 saturated heterocycles. The molecule has 0 amide bonds. The van der Waals surface area contributed by atoms with E-state index in [-0.39, 0.29) is 0 Å². The largest absolute Gasteiger partial charge is 0.132 e. The third-order valence-corrected chi connectivity index (χ3v) is 5.13. The number of fused-ring (bicyclic) bond motifs is 5. The third-order valence-electron chi connectivity index (χ3n) is 4.63. The third kappa shape index (κ3) is 2.22. The second-order valence-corrected chi connectivity index (χ2v) is 6.95. The van der Waals surface area contributed by atoms with Crippen molar-refractivity contribution in [2.45, 2.75) is 30.5 Å². The molecule has 0 nitrogen and oxygen atoms in total. The van der Waals surface area contributed by atoms with Gasteiger partial charge in [0.1, 0.15) is 4.84 Å². The number of halogens is 2. The maximum Gasteiger partial charge on any atom is 0.132 e. The van der Waals surface area contributed by atoms with Crippen molar-refractivity contribution in [2.75, 3.05) is 0 Å². The van der Waals surface area contributed by atoms with Gasteiger partial charge < -0.3 is 0 Å². The molecule has 0 radical (unpaired) electrons. The molecule has 0 atom stereocenters. The molecule has 1 aliphatic rings. The predicted molar refractivity (Wildman–Crippen MR) is 92.5 cm³/mol. The Hall–Kier alpha value is -1.24. The molecular formula is C19H16Cl2. The van der Waals surface area contributed by atoms with Crippen LogP contribution in [0.25, 0.3) is 21.5 Å². The molecule has 0 N–H and O–H groups in total. The Morgan fingerprint density at radius 1 is 0.762 bits per heavy atom. The van der Waals surface area contributed by atoms with Crippen LogP contribution >= 0.6 is 23.2 Å². The van der Waals surface area contributed by atoms with Crippen LogP contribution in [0.2, 0.25) is 0 Å². The summed E-state index contributed by atoms with van der Waals surface area (Å²) in [5.74, 6) is 0. The van der Waals surface area contributed by atoms with Crippen LogP contribution in [-0.4, -0.2) is 0 Å². The predicted octanol–water partition coefficient (Wildman–Crippen LogP) is 6.35. The van der Waals surface area contributed by atoms with Gasteiger partial charge in [0.15, 0.2) is 0 Å². The van der Waals surface area contributed by atoms with E-state index in [9.17, 15) is 0 Å². The molecule has 0 spiro atoms. The van der Waals surface area contributed by atoms with Crippen LogP contribution < -0.4 is 0 Å². The van der Waals surface area contributed by atoms with Gasteiger partial charge in [0.25, 0.3) is 0 Å². The second kappa shape index (κ2) is 5.19. The lowest BCUT2D eigenvalue weighted by atomic mass is 9.86. The minimum absolute atomic E-state index is 0.470. The van der Waals surface area contributed by atoms with Crippen molar-refractivity contribution >= 4 is 44.7 Å². The molecule has 106 valence electrons. The normalized spacial score (nSPS) is 14.8. The van der Waals surface area contributed by atoms with Crippen molar-refractivity contribution in [1.82, 2.24) is 0 Å². The van der Waals surface area contributed by atoms with E-state index in [4.69, 9.17) is 23.2 Å². The zero-order valence-electron chi connectivity index (χ0n) is 11.7. The summed E-state index contributed by atoms with van der Waals surface area (Å²) in [4.78, 5) is -0.470. The zero-order valence-corrected chi connectivity index (χ0v) is 13.2. The summed E-state index contributed by atoms with van der Waals surface area (Å²) >= 11 is 12.1. The number of alkyl halides is 2. The average Bonchev–Trinajstić information content (AvgIpc) is 2.53. The number of hydrogen-bond acceptors (Lipinski definition) is 0. The van der Waals surface area contributed by atoms with Gasteiger partial charge >= 0.3 is 0 Å². The van der Waals surface area contributed by atoms with E-state index in [1.165, 1.54) is 52.8 Å². The van der Waals surface area contributed by atoms with Gasteiger partial charge in [0.05, 0.1) is 0 Å². The summed E-state index contributed by atoms with van der Waals surface area (Å²) in [6, 6.07) is 15.3. The molecule has 0 unspecified atom stereocenters. The van der Waals surface area contributed by atoms with E-state index in [0.29, 0.717) is 0 Å². The Labute approximate surface area is 134 Å². The second-order valence-electron chi connectivity index (χ2n) is 5.85. The lowest BCUT2D eigenvalue weighted by Gasteiger charge is -2.19. The highest BCUT2D eigenvalue weighted by Crippen LogP contribution is 2.35. The first-order valence-electron chi connectivity index (χ1n) is 7.49. The van der Waals surface area contributed by atoms with E-state index in [0.717, 1.165) is 5.56 Å². The van der Waals surface area contributed by atoms with Gasteiger partial charge in [0, 0.05) is 0 Å². The summed E-state index contributed by atoms with van der Waals surface area (Å²) in [5, 5.41) is 5.22. The molecule has 0 saturated carbocycles. The first-order chi connectivity index (χ1) is 10.2. The first kappa shape index (κ1) is 13.4. The minimum atomic E-state index is -0.470. The van der Waals surface area contributed by atoms with E-state index in [1.54, 1.807) is 5.56 Å². The quantitative estimate of drug-likeness (QED) is 0.363. The fourth-order valence-electron chi connectivity index (χ4n) is 3.54. The van der Waals surface area contributed by atoms with Gasteiger partial charge in [-0.1, -0.05) is 36.4 Å². The van der Waals surface area contributed by atoms with E-state index >= 15 is 0 Å². The standard InChI is InChI=1S/C19H16Cl2/c20-19(21)14-6-5-13-8-9-16-15-4-2-1-3-12(15)7-10-17(16)18(13)11-14/h5-11,19H,1-4H2. The number of rotatable bonds is 1.